The van der Waals surface area contributed by atoms with Crippen molar-refractivity contribution in [2.24, 2.45) is 0 Å². The maximum atomic E-state index is 12.3. The van der Waals surface area contributed by atoms with E-state index in [-0.39, 0.29) is 18.8 Å². The fourth-order valence-electron chi connectivity index (χ4n) is 3.91. The van der Waals surface area contributed by atoms with Crippen molar-refractivity contribution in [3.63, 3.8) is 0 Å². The molecule has 0 saturated carbocycles. The molecule has 0 unspecified atom stereocenters. The first-order valence-corrected chi connectivity index (χ1v) is 10.9. The highest BCUT2D eigenvalue weighted by Gasteiger charge is 2.22. The number of methoxy groups -OCH3 is 1. The summed E-state index contributed by atoms with van der Waals surface area (Å²) in [5.41, 5.74) is 2.19. The third-order valence-corrected chi connectivity index (χ3v) is 5.70. The van der Waals surface area contributed by atoms with Crippen molar-refractivity contribution < 1.29 is 23.7 Å². The van der Waals surface area contributed by atoms with E-state index in [2.05, 4.69) is 17.1 Å². The van der Waals surface area contributed by atoms with E-state index < -0.39 is 0 Å². The lowest BCUT2D eigenvalue weighted by Gasteiger charge is -2.23. The summed E-state index contributed by atoms with van der Waals surface area (Å²) in [6.07, 6.45) is 2.19. The van der Waals surface area contributed by atoms with Gasteiger partial charge in [0.05, 0.1) is 7.11 Å². The SMILES string of the molecule is CC[C@@H]1CN(CCNC(=O)CCc2ccc3c(c2)OCO3)Cc2cc(OC)ccc2O1. The molecule has 0 aliphatic carbocycles. The Hall–Kier alpha value is -2.93. The number of amides is 1. The molecule has 2 aromatic carbocycles. The van der Waals surface area contributed by atoms with E-state index in [4.69, 9.17) is 18.9 Å². The second-order valence-electron chi connectivity index (χ2n) is 7.89. The van der Waals surface area contributed by atoms with Crippen molar-refractivity contribution >= 4 is 5.91 Å². The Balaban J connectivity index is 1.26. The van der Waals surface area contributed by atoms with Gasteiger partial charge in [-0.1, -0.05) is 13.0 Å². The lowest BCUT2D eigenvalue weighted by molar-refractivity contribution is -0.121. The highest BCUT2D eigenvalue weighted by molar-refractivity contribution is 5.76. The molecule has 0 spiro atoms. The molecule has 2 heterocycles. The Morgan fingerprint density at radius 1 is 1.16 bits per heavy atom. The van der Waals surface area contributed by atoms with Gasteiger partial charge in [0.2, 0.25) is 12.7 Å². The standard InChI is InChI=1S/C24H30N2O5/c1-3-19-15-26(14-18-13-20(28-2)6-8-21(18)31-19)11-10-25-24(27)9-5-17-4-7-22-23(12-17)30-16-29-22/h4,6-8,12-13,19H,3,5,9-11,14-16H2,1-2H3,(H,25,27)/t19-/m1/s1. The minimum absolute atomic E-state index is 0.0536. The summed E-state index contributed by atoms with van der Waals surface area (Å²) in [5, 5.41) is 3.05. The Morgan fingerprint density at radius 3 is 2.84 bits per heavy atom. The van der Waals surface area contributed by atoms with Crippen molar-refractivity contribution in [1.82, 2.24) is 10.2 Å². The number of nitrogens with one attached hydrogen (secondary N) is 1. The fraction of sp³-hybridized carbons (Fsp3) is 0.458. The molecule has 1 atom stereocenters. The summed E-state index contributed by atoms with van der Waals surface area (Å²) < 4.78 is 22.3. The largest absolute Gasteiger partial charge is 0.497 e. The number of benzene rings is 2. The van der Waals surface area contributed by atoms with E-state index in [1.807, 2.05) is 36.4 Å². The van der Waals surface area contributed by atoms with Gasteiger partial charge in [-0.05, 0) is 48.7 Å². The fourth-order valence-corrected chi connectivity index (χ4v) is 3.91. The van der Waals surface area contributed by atoms with Crippen molar-refractivity contribution in [2.45, 2.75) is 38.8 Å². The van der Waals surface area contributed by atoms with Crippen LogP contribution in [-0.2, 0) is 17.8 Å². The van der Waals surface area contributed by atoms with Crippen LogP contribution < -0.4 is 24.3 Å². The van der Waals surface area contributed by atoms with Crippen LogP contribution in [0.5, 0.6) is 23.0 Å². The molecule has 2 aliphatic heterocycles. The zero-order valence-electron chi connectivity index (χ0n) is 18.2. The molecule has 166 valence electrons. The number of carbonyl (C=O) groups is 1. The van der Waals surface area contributed by atoms with Gasteiger partial charge in [0.15, 0.2) is 11.5 Å². The molecular formula is C24H30N2O5. The van der Waals surface area contributed by atoms with E-state index in [0.29, 0.717) is 19.4 Å². The molecule has 2 aliphatic rings. The van der Waals surface area contributed by atoms with Gasteiger partial charge in [-0.3, -0.25) is 9.69 Å². The minimum Gasteiger partial charge on any atom is -0.497 e. The van der Waals surface area contributed by atoms with Crippen LogP contribution >= 0.6 is 0 Å². The number of rotatable bonds is 8. The van der Waals surface area contributed by atoms with Gasteiger partial charge in [-0.2, -0.15) is 0 Å². The molecule has 0 aromatic heterocycles. The van der Waals surface area contributed by atoms with E-state index >= 15 is 0 Å². The predicted octanol–water partition coefficient (Wildman–Crippen LogP) is 3.15. The number of hydrogen-bond acceptors (Lipinski definition) is 6. The Morgan fingerprint density at radius 2 is 2.00 bits per heavy atom. The van der Waals surface area contributed by atoms with Gasteiger partial charge in [0, 0.05) is 38.2 Å². The van der Waals surface area contributed by atoms with Crippen molar-refractivity contribution in [3.8, 4) is 23.0 Å². The van der Waals surface area contributed by atoms with Crippen LogP contribution in [0.15, 0.2) is 36.4 Å². The normalized spacial score (nSPS) is 17.4. The van der Waals surface area contributed by atoms with Crippen LogP contribution in [0.2, 0.25) is 0 Å². The van der Waals surface area contributed by atoms with Crippen LogP contribution in [-0.4, -0.2) is 50.4 Å². The van der Waals surface area contributed by atoms with Gasteiger partial charge >= 0.3 is 0 Å². The quantitative estimate of drug-likeness (QED) is 0.699. The van der Waals surface area contributed by atoms with E-state index in [0.717, 1.165) is 60.2 Å². The van der Waals surface area contributed by atoms with Crippen molar-refractivity contribution in [1.29, 1.82) is 0 Å². The molecule has 31 heavy (non-hydrogen) atoms. The van der Waals surface area contributed by atoms with E-state index in [1.165, 1.54) is 0 Å². The summed E-state index contributed by atoms with van der Waals surface area (Å²) in [5.74, 6) is 3.32. The molecule has 0 bridgehead atoms. The molecule has 0 saturated heterocycles. The van der Waals surface area contributed by atoms with Crippen LogP contribution in [0.1, 0.15) is 30.9 Å². The summed E-state index contributed by atoms with van der Waals surface area (Å²) >= 11 is 0. The first-order valence-electron chi connectivity index (χ1n) is 10.9. The van der Waals surface area contributed by atoms with Crippen LogP contribution in [0.4, 0.5) is 0 Å². The third kappa shape index (κ3) is 5.41. The van der Waals surface area contributed by atoms with Crippen LogP contribution in [0.25, 0.3) is 0 Å². The zero-order valence-corrected chi connectivity index (χ0v) is 18.2. The molecule has 1 N–H and O–H groups in total. The van der Waals surface area contributed by atoms with Gasteiger partial charge < -0.3 is 24.3 Å². The zero-order chi connectivity index (χ0) is 21.6. The maximum absolute atomic E-state index is 12.3. The Bertz CT molecular complexity index is 917. The second kappa shape index (κ2) is 9.92. The summed E-state index contributed by atoms with van der Waals surface area (Å²) in [6.45, 7) is 5.38. The molecule has 1 amide bonds. The molecule has 0 fully saturated rings. The van der Waals surface area contributed by atoms with Gasteiger partial charge in [-0.15, -0.1) is 0 Å². The molecule has 7 heteroatoms. The topological polar surface area (TPSA) is 69.3 Å². The van der Waals surface area contributed by atoms with Gasteiger partial charge in [0.1, 0.15) is 17.6 Å². The molecule has 0 radical (unpaired) electrons. The van der Waals surface area contributed by atoms with Gasteiger partial charge in [0.25, 0.3) is 0 Å². The van der Waals surface area contributed by atoms with Crippen LogP contribution in [0, 0.1) is 0 Å². The van der Waals surface area contributed by atoms with Crippen molar-refractivity contribution in [2.75, 3.05) is 33.5 Å². The molecule has 7 nitrogen and oxygen atoms in total. The summed E-state index contributed by atoms with van der Waals surface area (Å²) in [6, 6.07) is 11.8. The Kier molecular flexibility index (Phi) is 6.82. The molecule has 4 rings (SSSR count). The summed E-state index contributed by atoms with van der Waals surface area (Å²) in [7, 11) is 1.67. The lowest BCUT2D eigenvalue weighted by Crippen LogP contribution is -2.38. The highest BCUT2D eigenvalue weighted by Crippen LogP contribution is 2.33. The monoisotopic (exact) mass is 426 g/mol. The highest BCUT2D eigenvalue weighted by atomic mass is 16.7. The number of aryl methyl sites for hydroxylation is 1. The smallest absolute Gasteiger partial charge is 0.231 e. The minimum atomic E-state index is 0.0536. The van der Waals surface area contributed by atoms with Crippen molar-refractivity contribution in [3.05, 3.63) is 47.5 Å². The lowest BCUT2D eigenvalue weighted by atomic mass is 10.1. The molecule has 2 aromatic rings. The average molecular weight is 427 g/mol. The third-order valence-electron chi connectivity index (χ3n) is 5.70. The number of fused-ring (bicyclic) bond motifs is 2. The Labute approximate surface area is 183 Å². The summed E-state index contributed by atoms with van der Waals surface area (Å²) in [4.78, 5) is 14.7. The van der Waals surface area contributed by atoms with Gasteiger partial charge in [-0.25, -0.2) is 0 Å². The van der Waals surface area contributed by atoms with E-state index in [9.17, 15) is 4.79 Å². The first-order chi connectivity index (χ1) is 15.1. The number of ether oxygens (including phenoxy) is 4. The number of hydrogen-bond donors (Lipinski definition) is 1. The average Bonchev–Trinajstić information content (AvgIpc) is 3.18. The number of carbonyl (C=O) groups excluding carboxylic acids is 1. The molecular weight excluding hydrogens is 396 g/mol. The second-order valence-corrected chi connectivity index (χ2v) is 7.89. The van der Waals surface area contributed by atoms with E-state index in [1.54, 1.807) is 7.11 Å². The predicted molar refractivity (Wildman–Crippen MR) is 117 cm³/mol. The number of nitrogens with zero attached hydrogens (tertiary/aromatic N) is 1. The first kappa shape index (κ1) is 21.3. The maximum Gasteiger partial charge on any atom is 0.231 e. The van der Waals surface area contributed by atoms with Crippen LogP contribution in [0.3, 0.4) is 0 Å².